The van der Waals surface area contributed by atoms with Crippen molar-refractivity contribution in [3.05, 3.63) is 212 Å². The van der Waals surface area contributed by atoms with Crippen molar-refractivity contribution in [3.8, 4) is 73.0 Å². The summed E-state index contributed by atoms with van der Waals surface area (Å²) < 4.78 is 2.40. The fourth-order valence-electron chi connectivity index (χ4n) is 8.38. The maximum atomic E-state index is 5.15. The second-order valence-electron chi connectivity index (χ2n) is 14.6. The van der Waals surface area contributed by atoms with Crippen molar-refractivity contribution in [1.82, 2.24) is 14.5 Å². The molecule has 3 heteroatoms. The lowest BCUT2D eigenvalue weighted by atomic mass is 9.95. The number of hydrogen-bond donors (Lipinski definition) is 0. The Morgan fingerprint density at radius 3 is 1.12 bits per heavy atom. The Labute approximate surface area is 331 Å². The molecule has 0 aliphatic heterocycles. The Bertz CT molecular complexity index is 3030. The molecule has 0 aliphatic rings. The highest BCUT2D eigenvalue weighted by Gasteiger charge is 2.17. The minimum atomic E-state index is 0.920. The number of hydrogen-bond acceptors (Lipinski definition) is 2. The number of nitrogens with zero attached hydrogens (tertiary/aromatic N) is 3. The van der Waals surface area contributed by atoms with Crippen LogP contribution in [0.3, 0.4) is 0 Å². The predicted molar refractivity (Wildman–Crippen MR) is 238 cm³/mol. The summed E-state index contributed by atoms with van der Waals surface area (Å²) in [6.07, 6.45) is 0. The third-order valence-corrected chi connectivity index (χ3v) is 11.2. The lowest BCUT2D eigenvalue weighted by Crippen LogP contribution is -1.93. The quantitative estimate of drug-likeness (QED) is 0.153. The summed E-state index contributed by atoms with van der Waals surface area (Å²) >= 11 is 0. The molecule has 0 saturated heterocycles. The summed E-state index contributed by atoms with van der Waals surface area (Å²) in [5.74, 6) is 0. The van der Waals surface area contributed by atoms with E-state index in [1.165, 1.54) is 43.7 Å². The molecule has 8 aromatic carbocycles. The molecule has 0 amide bonds. The zero-order valence-corrected chi connectivity index (χ0v) is 31.0. The first-order chi connectivity index (χ1) is 28.2. The van der Waals surface area contributed by atoms with Crippen molar-refractivity contribution in [2.75, 3.05) is 0 Å². The molecule has 3 aromatic heterocycles. The Hall–Kier alpha value is -7.62. The molecular formula is C54H35N3. The van der Waals surface area contributed by atoms with Gasteiger partial charge in [0.2, 0.25) is 0 Å². The third-order valence-electron chi connectivity index (χ3n) is 11.2. The van der Waals surface area contributed by atoms with Gasteiger partial charge in [-0.05, 0) is 99.8 Å². The van der Waals surface area contributed by atoms with Crippen molar-refractivity contribution in [3.63, 3.8) is 0 Å². The highest BCUT2D eigenvalue weighted by atomic mass is 15.0. The fraction of sp³-hybridized carbons (Fsp3) is 0. The number of aromatic nitrogens is 3. The number of pyridine rings is 2. The average Bonchev–Trinajstić information content (AvgIpc) is 3.65. The van der Waals surface area contributed by atoms with Gasteiger partial charge in [-0.15, -0.1) is 0 Å². The molecule has 57 heavy (non-hydrogen) atoms. The first-order valence-corrected chi connectivity index (χ1v) is 19.4. The minimum Gasteiger partial charge on any atom is -0.309 e. The van der Waals surface area contributed by atoms with Crippen LogP contribution in [0.1, 0.15) is 0 Å². The van der Waals surface area contributed by atoms with E-state index in [0.29, 0.717) is 0 Å². The summed E-state index contributed by atoms with van der Waals surface area (Å²) in [7, 11) is 0. The molecule has 0 saturated carbocycles. The highest BCUT2D eigenvalue weighted by Crippen LogP contribution is 2.39. The molecule has 3 heterocycles. The van der Waals surface area contributed by atoms with Gasteiger partial charge in [0.1, 0.15) is 0 Å². The maximum absolute atomic E-state index is 5.15. The molecule has 266 valence electrons. The van der Waals surface area contributed by atoms with Crippen LogP contribution in [0, 0.1) is 0 Å². The minimum absolute atomic E-state index is 0.920. The van der Waals surface area contributed by atoms with E-state index in [9.17, 15) is 0 Å². The summed E-state index contributed by atoms with van der Waals surface area (Å²) in [4.78, 5) is 10.3. The SMILES string of the molecule is c1ccc(-c2cccc(-c3cc(-c4ccc(-c5ccc(-n6c7cccc8ccc9cccc6c9c87)cc5)cc4)cc(-c4cccc(-c5ccccc5)n4)c3)n2)cc1. The molecule has 11 rings (SSSR count). The Balaban J connectivity index is 0.967. The van der Waals surface area contributed by atoms with Gasteiger partial charge >= 0.3 is 0 Å². The van der Waals surface area contributed by atoms with Crippen LogP contribution < -0.4 is 0 Å². The predicted octanol–water partition coefficient (Wildman–Crippen LogP) is 14.2. The summed E-state index contributed by atoms with van der Waals surface area (Å²) in [6.45, 7) is 0. The fourth-order valence-corrected chi connectivity index (χ4v) is 8.38. The molecule has 0 unspecified atom stereocenters. The molecule has 0 radical (unpaired) electrons. The Morgan fingerprint density at radius 1 is 0.263 bits per heavy atom. The topological polar surface area (TPSA) is 30.7 Å². The first kappa shape index (κ1) is 32.8. The van der Waals surface area contributed by atoms with Crippen molar-refractivity contribution in [1.29, 1.82) is 0 Å². The van der Waals surface area contributed by atoms with Crippen LogP contribution in [-0.2, 0) is 0 Å². The molecule has 11 aromatic rings. The van der Waals surface area contributed by atoms with Crippen LogP contribution in [0.25, 0.3) is 106 Å². The van der Waals surface area contributed by atoms with Gasteiger partial charge in [0.05, 0.1) is 33.8 Å². The van der Waals surface area contributed by atoms with Crippen LogP contribution in [-0.4, -0.2) is 14.5 Å². The first-order valence-electron chi connectivity index (χ1n) is 19.4. The third kappa shape index (κ3) is 5.85. The van der Waals surface area contributed by atoms with Crippen LogP contribution in [0.15, 0.2) is 212 Å². The van der Waals surface area contributed by atoms with Gasteiger partial charge in [-0.25, -0.2) is 9.97 Å². The van der Waals surface area contributed by atoms with Gasteiger partial charge in [-0.2, -0.15) is 0 Å². The van der Waals surface area contributed by atoms with E-state index in [2.05, 4.69) is 205 Å². The Morgan fingerprint density at radius 2 is 0.649 bits per heavy atom. The second-order valence-corrected chi connectivity index (χ2v) is 14.6. The van der Waals surface area contributed by atoms with E-state index in [1.54, 1.807) is 0 Å². The van der Waals surface area contributed by atoms with E-state index in [4.69, 9.17) is 9.97 Å². The van der Waals surface area contributed by atoms with E-state index in [-0.39, 0.29) is 0 Å². The maximum Gasteiger partial charge on any atom is 0.0709 e. The number of benzene rings is 8. The summed E-state index contributed by atoms with van der Waals surface area (Å²) in [5, 5.41) is 5.21. The summed E-state index contributed by atoms with van der Waals surface area (Å²) in [5.41, 5.74) is 16.2. The van der Waals surface area contributed by atoms with Crippen molar-refractivity contribution >= 4 is 32.6 Å². The molecular weight excluding hydrogens is 691 g/mol. The average molecular weight is 726 g/mol. The molecule has 0 fully saturated rings. The van der Waals surface area contributed by atoms with Gasteiger partial charge < -0.3 is 4.57 Å². The molecule has 3 nitrogen and oxygen atoms in total. The smallest absolute Gasteiger partial charge is 0.0709 e. The molecule has 0 aliphatic carbocycles. The van der Waals surface area contributed by atoms with Crippen LogP contribution in [0.2, 0.25) is 0 Å². The van der Waals surface area contributed by atoms with E-state index in [0.717, 1.165) is 61.8 Å². The van der Waals surface area contributed by atoms with Gasteiger partial charge in [0.25, 0.3) is 0 Å². The highest BCUT2D eigenvalue weighted by molar-refractivity contribution is 6.24. The van der Waals surface area contributed by atoms with Crippen molar-refractivity contribution < 1.29 is 0 Å². The van der Waals surface area contributed by atoms with Crippen LogP contribution >= 0.6 is 0 Å². The molecule has 0 spiro atoms. The normalized spacial score (nSPS) is 11.5. The monoisotopic (exact) mass is 725 g/mol. The lowest BCUT2D eigenvalue weighted by Gasteiger charge is -2.13. The van der Waals surface area contributed by atoms with E-state index < -0.39 is 0 Å². The van der Waals surface area contributed by atoms with E-state index >= 15 is 0 Å². The zero-order valence-electron chi connectivity index (χ0n) is 31.0. The molecule has 0 N–H and O–H groups in total. The summed E-state index contributed by atoms with van der Waals surface area (Å²) in [6, 6.07) is 75.5. The van der Waals surface area contributed by atoms with Crippen LogP contribution in [0.4, 0.5) is 0 Å². The second kappa shape index (κ2) is 13.6. The van der Waals surface area contributed by atoms with Gasteiger partial charge in [0.15, 0.2) is 0 Å². The zero-order chi connectivity index (χ0) is 37.7. The Kier molecular flexibility index (Phi) is 7.82. The standard InChI is InChI=1S/C54H35N3/c1-3-11-39(12-4-1)47-17-9-19-49(55-47)44-33-43(34-45(35-44)50-20-10-18-48(56-50)40-13-5-2-6-14-40)38-25-23-36(24-26-38)37-29-31-46(32-30-37)57-51-21-7-15-41-27-28-42-16-8-22-52(57)54(42)53(41)51/h1-35H. The lowest BCUT2D eigenvalue weighted by molar-refractivity contribution is 1.18. The molecule has 0 atom stereocenters. The van der Waals surface area contributed by atoms with E-state index in [1.807, 2.05) is 12.1 Å². The van der Waals surface area contributed by atoms with Gasteiger partial charge in [0, 0.05) is 38.7 Å². The van der Waals surface area contributed by atoms with Crippen molar-refractivity contribution in [2.45, 2.75) is 0 Å². The largest absolute Gasteiger partial charge is 0.309 e. The van der Waals surface area contributed by atoms with Gasteiger partial charge in [-0.3, -0.25) is 0 Å². The van der Waals surface area contributed by atoms with Gasteiger partial charge in [-0.1, -0.05) is 146 Å². The van der Waals surface area contributed by atoms with Crippen molar-refractivity contribution in [2.24, 2.45) is 0 Å². The van der Waals surface area contributed by atoms with Crippen LogP contribution in [0.5, 0.6) is 0 Å². The number of rotatable bonds is 7. The molecule has 0 bridgehead atoms.